The van der Waals surface area contributed by atoms with Gasteiger partial charge in [0.05, 0.1) is 43.7 Å². The van der Waals surface area contributed by atoms with Crippen molar-refractivity contribution < 1.29 is 9.47 Å². The number of methoxy groups -OCH3 is 2. The summed E-state index contributed by atoms with van der Waals surface area (Å²) in [5, 5.41) is 0.472. The van der Waals surface area contributed by atoms with E-state index >= 15 is 0 Å². The van der Waals surface area contributed by atoms with E-state index in [1.807, 2.05) is 6.33 Å². The summed E-state index contributed by atoms with van der Waals surface area (Å²) in [5.74, 6) is 1.62. The van der Waals surface area contributed by atoms with Gasteiger partial charge in [-0.05, 0) is 19.4 Å². The van der Waals surface area contributed by atoms with Gasteiger partial charge in [0.1, 0.15) is 0 Å². The molecule has 2 aromatic heterocycles. The molecule has 0 saturated carbocycles. The van der Waals surface area contributed by atoms with Gasteiger partial charge in [-0.2, -0.15) is 4.98 Å². The lowest BCUT2D eigenvalue weighted by atomic mass is 10.1. The van der Waals surface area contributed by atoms with Crippen molar-refractivity contribution in [3.63, 3.8) is 0 Å². The second kappa shape index (κ2) is 7.18. The predicted molar refractivity (Wildman–Crippen MR) is 107 cm³/mol. The van der Waals surface area contributed by atoms with Crippen molar-refractivity contribution in [2.24, 2.45) is 0 Å². The van der Waals surface area contributed by atoms with Crippen LogP contribution in [0, 0.1) is 0 Å². The van der Waals surface area contributed by atoms with E-state index < -0.39 is 0 Å². The first-order chi connectivity index (χ1) is 13.5. The molecule has 3 aromatic rings. The lowest BCUT2D eigenvalue weighted by Gasteiger charge is -2.28. The molecule has 3 heterocycles. The first-order valence-corrected chi connectivity index (χ1v) is 9.51. The number of hydrogen-bond donors (Lipinski definition) is 1. The number of fused-ring (bicyclic) bond motifs is 2. The minimum atomic E-state index is -0.291. The Labute approximate surface area is 163 Å². The Morgan fingerprint density at radius 3 is 2.71 bits per heavy atom. The van der Waals surface area contributed by atoms with Gasteiger partial charge >= 0.3 is 0 Å². The van der Waals surface area contributed by atoms with Gasteiger partial charge < -0.3 is 23.9 Å². The van der Waals surface area contributed by atoms with Gasteiger partial charge in [-0.1, -0.05) is 6.92 Å². The Hall–Kier alpha value is -3.03. The molecular weight excluding hydrogens is 358 g/mol. The zero-order valence-electron chi connectivity index (χ0n) is 16.7. The van der Waals surface area contributed by atoms with Gasteiger partial charge in [-0.25, -0.2) is 4.98 Å². The number of nitrogens with one attached hydrogen (secondary N) is 1. The van der Waals surface area contributed by atoms with E-state index in [2.05, 4.69) is 38.3 Å². The Morgan fingerprint density at radius 1 is 1.25 bits per heavy atom. The van der Waals surface area contributed by atoms with E-state index in [1.54, 1.807) is 26.4 Å². The highest BCUT2D eigenvalue weighted by Crippen LogP contribution is 2.31. The van der Waals surface area contributed by atoms with E-state index in [4.69, 9.17) is 9.47 Å². The summed E-state index contributed by atoms with van der Waals surface area (Å²) < 4.78 is 12.9. The smallest absolute Gasteiger partial charge is 0.282 e. The van der Waals surface area contributed by atoms with E-state index in [0.29, 0.717) is 40.9 Å². The van der Waals surface area contributed by atoms with Crippen LogP contribution in [0.3, 0.4) is 0 Å². The van der Waals surface area contributed by atoms with E-state index in [0.717, 1.165) is 25.1 Å². The number of benzene rings is 1. The zero-order chi connectivity index (χ0) is 19.8. The molecule has 148 valence electrons. The predicted octanol–water partition coefficient (Wildman–Crippen LogP) is 2.67. The summed E-state index contributed by atoms with van der Waals surface area (Å²) in [6, 6.07) is 3.86. The summed E-state index contributed by atoms with van der Waals surface area (Å²) in [6.45, 7) is 5.79. The number of aromatic nitrogens is 4. The Morgan fingerprint density at radius 2 is 2.00 bits per heavy atom. The number of H-pyrrole nitrogens is 1. The molecule has 0 aliphatic carbocycles. The molecule has 1 N–H and O–H groups in total. The standard InChI is InChI=1S/C20H25N5O3/c1-5-12(2)25-11-21-15-10-24(7-6-16(15)25)20-22-14-9-18(28-4)17(27-3)8-13(14)19(26)23-20/h8-9,11-12H,5-7,10H2,1-4H3,(H,22,23,26). The van der Waals surface area contributed by atoms with Gasteiger partial charge in [0, 0.05) is 30.8 Å². The minimum Gasteiger partial charge on any atom is -0.493 e. The van der Waals surface area contributed by atoms with Crippen molar-refractivity contribution in [3.05, 3.63) is 40.2 Å². The molecule has 0 radical (unpaired) electrons. The fourth-order valence-electron chi connectivity index (χ4n) is 3.70. The minimum absolute atomic E-state index is 0.291. The van der Waals surface area contributed by atoms with Crippen LogP contribution in [0.15, 0.2) is 23.3 Å². The maximum Gasteiger partial charge on any atom is 0.282 e. The summed E-state index contributed by atoms with van der Waals surface area (Å²) in [5.41, 5.74) is 2.70. The monoisotopic (exact) mass is 383 g/mol. The van der Waals surface area contributed by atoms with Crippen LogP contribution in [0.5, 0.6) is 11.5 Å². The van der Waals surface area contributed by atoms with Crippen LogP contribution >= 0.6 is 0 Å². The van der Waals surface area contributed by atoms with Crippen LogP contribution in [-0.4, -0.2) is 40.3 Å². The molecule has 0 spiro atoms. The highest BCUT2D eigenvalue weighted by molar-refractivity contribution is 5.82. The van der Waals surface area contributed by atoms with Crippen molar-refractivity contribution in [1.29, 1.82) is 0 Å². The number of ether oxygens (including phenoxy) is 2. The van der Waals surface area contributed by atoms with Gasteiger partial charge in [0.25, 0.3) is 5.56 Å². The van der Waals surface area contributed by atoms with Crippen molar-refractivity contribution in [1.82, 2.24) is 19.5 Å². The van der Waals surface area contributed by atoms with Crippen LogP contribution in [0.1, 0.15) is 37.7 Å². The molecule has 1 atom stereocenters. The number of hydrogen-bond acceptors (Lipinski definition) is 6. The molecule has 0 saturated heterocycles. The van der Waals surface area contributed by atoms with Crippen LogP contribution < -0.4 is 19.9 Å². The normalized spacial score (nSPS) is 14.8. The first-order valence-electron chi connectivity index (χ1n) is 9.51. The third kappa shape index (κ3) is 2.98. The number of aromatic amines is 1. The average molecular weight is 383 g/mol. The summed E-state index contributed by atoms with van der Waals surface area (Å²) >= 11 is 0. The number of imidazole rings is 1. The quantitative estimate of drug-likeness (QED) is 0.729. The second-order valence-corrected chi connectivity index (χ2v) is 7.09. The molecular formula is C20H25N5O3. The molecule has 1 aliphatic rings. The van der Waals surface area contributed by atoms with Crippen LogP contribution in [0.25, 0.3) is 10.9 Å². The highest BCUT2D eigenvalue weighted by atomic mass is 16.5. The Bertz CT molecular complexity index is 1070. The molecule has 4 rings (SSSR count). The number of anilines is 1. The van der Waals surface area contributed by atoms with Gasteiger partial charge in [-0.3, -0.25) is 4.79 Å². The Kier molecular flexibility index (Phi) is 4.70. The van der Waals surface area contributed by atoms with Gasteiger partial charge in [-0.15, -0.1) is 0 Å². The summed E-state index contributed by atoms with van der Waals surface area (Å²) in [4.78, 5) is 26.8. The van der Waals surface area contributed by atoms with Gasteiger partial charge in [0.15, 0.2) is 11.5 Å². The maximum atomic E-state index is 12.6. The largest absolute Gasteiger partial charge is 0.493 e. The first kappa shape index (κ1) is 18.3. The van der Waals surface area contributed by atoms with E-state index in [-0.39, 0.29) is 5.56 Å². The highest BCUT2D eigenvalue weighted by Gasteiger charge is 2.24. The maximum absolute atomic E-state index is 12.6. The third-order valence-electron chi connectivity index (χ3n) is 5.52. The lowest BCUT2D eigenvalue weighted by Crippen LogP contribution is -2.34. The van der Waals surface area contributed by atoms with Crippen molar-refractivity contribution in [2.45, 2.75) is 39.3 Å². The molecule has 28 heavy (non-hydrogen) atoms. The topological polar surface area (TPSA) is 85.3 Å². The lowest BCUT2D eigenvalue weighted by molar-refractivity contribution is 0.355. The van der Waals surface area contributed by atoms with Crippen LogP contribution in [0.4, 0.5) is 5.95 Å². The molecule has 1 aromatic carbocycles. The van der Waals surface area contributed by atoms with Gasteiger partial charge in [0.2, 0.25) is 5.95 Å². The zero-order valence-corrected chi connectivity index (χ0v) is 16.7. The van der Waals surface area contributed by atoms with E-state index in [9.17, 15) is 4.79 Å². The molecule has 8 nitrogen and oxygen atoms in total. The fraction of sp³-hybridized carbons (Fsp3) is 0.450. The third-order valence-corrected chi connectivity index (χ3v) is 5.52. The summed E-state index contributed by atoms with van der Waals surface area (Å²) in [6.07, 6.45) is 3.86. The number of nitrogens with zero attached hydrogens (tertiary/aromatic N) is 4. The molecule has 0 bridgehead atoms. The fourth-order valence-corrected chi connectivity index (χ4v) is 3.70. The van der Waals surface area contributed by atoms with Crippen molar-refractivity contribution >= 4 is 16.9 Å². The van der Waals surface area contributed by atoms with Crippen molar-refractivity contribution in [3.8, 4) is 11.5 Å². The average Bonchev–Trinajstić information content (AvgIpc) is 3.15. The van der Waals surface area contributed by atoms with Crippen molar-refractivity contribution in [2.75, 3.05) is 25.7 Å². The van der Waals surface area contributed by atoms with Crippen LogP contribution in [0.2, 0.25) is 0 Å². The molecule has 1 unspecified atom stereocenters. The molecule has 0 fully saturated rings. The second-order valence-electron chi connectivity index (χ2n) is 7.09. The summed E-state index contributed by atoms with van der Waals surface area (Å²) in [7, 11) is 3.12. The molecule has 1 aliphatic heterocycles. The van der Waals surface area contributed by atoms with E-state index in [1.165, 1.54) is 5.69 Å². The SMILES string of the molecule is CCC(C)n1cnc2c1CCN(c1nc(=O)c3cc(OC)c(OC)cc3[nH]1)C2. The Balaban J connectivity index is 1.70. The molecule has 0 amide bonds. The molecule has 8 heteroatoms. The number of rotatable bonds is 5. The van der Waals surface area contributed by atoms with Crippen LogP contribution in [-0.2, 0) is 13.0 Å².